The number of hydrogen-bond acceptors (Lipinski definition) is 5. The summed E-state index contributed by atoms with van der Waals surface area (Å²) in [6, 6.07) is 5.51. The molecule has 9 nitrogen and oxygen atoms in total. The van der Waals surface area contributed by atoms with Gasteiger partial charge in [0.25, 0.3) is 0 Å². The standard InChI is InChI=1S/C19H25N5O4/c1-19(2,3)28-18(27)20-10-16(25)24-7-6-12(11-24)17(26)22-14-4-5-15-13(8-14)9-21-23-15/h4-5,8-9,12H,6-7,10-11H2,1-3H3,(H,20,27)(H,21,23)(H,22,26). The van der Waals surface area contributed by atoms with E-state index in [0.717, 1.165) is 10.9 Å². The molecule has 28 heavy (non-hydrogen) atoms. The van der Waals surface area contributed by atoms with E-state index in [2.05, 4.69) is 20.8 Å². The van der Waals surface area contributed by atoms with Crippen molar-refractivity contribution in [3.05, 3.63) is 24.4 Å². The summed E-state index contributed by atoms with van der Waals surface area (Å²) < 4.78 is 5.11. The van der Waals surface area contributed by atoms with Gasteiger partial charge in [-0.1, -0.05) is 0 Å². The predicted molar refractivity (Wildman–Crippen MR) is 104 cm³/mol. The maximum atomic E-state index is 12.5. The largest absolute Gasteiger partial charge is 0.444 e. The van der Waals surface area contributed by atoms with Crippen LogP contribution in [-0.4, -0.2) is 58.2 Å². The average Bonchev–Trinajstić information content (AvgIpc) is 3.27. The molecule has 1 atom stereocenters. The Morgan fingerprint density at radius 1 is 1.32 bits per heavy atom. The molecule has 0 radical (unpaired) electrons. The molecule has 3 amide bonds. The smallest absolute Gasteiger partial charge is 0.408 e. The quantitative estimate of drug-likeness (QED) is 0.741. The van der Waals surface area contributed by atoms with Crippen molar-refractivity contribution in [2.45, 2.75) is 32.8 Å². The number of nitrogens with zero attached hydrogens (tertiary/aromatic N) is 2. The number of ether oxygens (including phenoxy) is 1. The molecular formula is C19H25N5O4. The zero-order valence-electron chi connectivity index (χ0n) is 16.2. The van der Waals surface area contributed by atoms with E-state index in [9.17, 15) is 14.4 Å². The lowest BCUT2D eigenvalue weighted by molar-refractivity contribution is -0.129. The van der Waals surface area contributed by atoms with Crippen molar-refractivity contribution in [3.8, 4) is 0 Å². The van der Waals surface area contributed by atoms with Gasteiger partial charge in [-0.15, -0.1) is 0 Å². The van der Waals surface area contributed by atoms with Crippen molar-refractivity contribution in [1.82, 2.24) is 20.4 Å². The first-order valence-electron chi connectivity index (χ1n) is 9.20. The molecule has 150 valence electrons. The Balaban J connectivity index is 1.48. The predicted octanol–water partition coefficient (Wildman–Crippen LogP) is 1.87. The second-order valence-electron chi connectivity index (χ2n) is 7.84. The van der Waals surface area contributed by atoms with Crippen molar-refractivity contribution < 1.29 is 19.1 Å². The monoisotopic (exact) mass is 387 g/mol. The molecule has 1 aliphatic heterocycles. The molecule has 1 aromatic heterocycles. The number of likely N-dealkylation sites (tertiary alicyclic amines) is 1. The van der Waals surface area contributed by atoms with Crippen molar-refractivity contribution in [3.63, 3.8) is 0 Å². The molecule has 3 rings (SSSR count). The molecule has 1 aromatic carbocycles. The van der Waals surface area contributed by atoms with Gasteiger partial charge in [-0.3, -0.25) is 14.7 Å². The van der Waals surface area contributed by atoms with Crippen LogP contribution in [0.25, 0.3) is 10.9 Å². The van der Waals surface area contributed by atoms with Crippen LogP contribution in [0, 0.1) is 5.92 Å². The highest BCUT2D eigenvalue weighted by atomic mass is 16.6. The minimum absolute atomic E-state index is 0.127. The van der Waals surface area contributed by atoms with E-state index in [4.69, 9.17) is 4.74 Å². The summed E-state index contributed by atoms with van der Waals surface area (Å²) in [4.78, 5) is 38.0. The Morgan fingerprint density at radius 3 is 2.86 bits per heavy atom. The van der Waals surface area contributed by atoms with E-state index >= 15 is 0 Å². The summed E-state index contributed by atoms with van der Waals surface area (Å²) in [5, 5.41) is 13.1. The van der Waals surface area contributed by atoms with Gasteiger partial charge in [-0.25, -0.2) is 4.79 Å². The molecule has 9 heteroatoms. The number of carbonyl (C=O) groups is 3. The Morgan fingerprint density at radius 2 is 2.11 bits per heavy atom. The zero-order valence-corrected chi connectivity index (χ0v) is 16.2. The first kappa shape index (κ1) is 19.7. The molecule has 2 aromatic rings. The molecule has 3 N–H and O–H groups in total. The second kappa shape index (κ2) is 7.87. The Kier molecular flexibility index (Phi) is 5.53. The molecule has 1 aliphatic rings. The van der Waals surface area contributed by atoms with Crippen LogP contribution >= 0.6 is 0 Å². The number of alkyl carbamates (subject to hydrolysis) is 1. The number of rotatable bonds is 4. The van der Waals surface area contributed by atoms with Crippen LogP contribution in [0.15, 0.2) is 24.4 Å². The molecule has 0 bridgehead atoms. The van der Waals surface area contributed by atoms with Gasteiger partial charge in [-0.05, 0) is 45.4 Å². The van der Waals surface area contributed by atoms with Crippen LogP contribution in [-0.2, 0) is 14.3 Å². The first-order valence-corrected chi connectivity index (χ1v) is 9.20. The highest BCUT2D eigenvalue weighted by Gasteiger charge is 2.31. The van der Waals surface area contributed by atoms with Gasteiger partial charge in [0.05, 0.1) is 17.6 Å². The van der Waals surface area contributed by atoms with Gasteiger partial charge in [-0.2, -0.15) is 5.10 Å². The van der Waals surface area contributed by atoms with Crippen LogP contribution in [0.5, 0.6) is 0 Å². The molecule has 0 aliphatic carbocycles. The van der Waals surface area contributed by atoms with Crippen LogP contribution in [0.1, 0.15) is 27.2 Å². The number of H-pyrrole nitrogens is 1. The summed E-state index contributed by atoms with van der Waals surface area (Å²) in [5.41, 5.74) is 0.965. The Bertz CT molecular complexity index is 886. The lowest BCUT2D eigenvalue weighted by Crippen LogP contribution is -2.41. The maximum absolute atomic E-state index is 12.5. The molecule has 2 heterocycles. The fourth-order valence-electron chi connectivity index (χ4n) is 3.04. The first-order chi connectivity index (χ1) is 13.2. The molecular weight excluding hydrogens is 362 g/mol. The van der Waals surface area contributed by atoms with Gasteiger partial charge in [0, 0.05) is 24.2 Å². The second-order valence-corrected chi connectivity index (χ2v) is 7.84. The molecule has 1 fully saturated rings. The molecule has 0 saturated carbocycles. The van der Waals surface area contributed by atoms with Crippen LogP contribution in [0.2, 0.25) is 0 Å². The zero-order chi connectivity index (χ0) is 20.3. The lowest BCUT2D eigenvalue weighted by Gasteiger charge is -2.21. The van der Waals surface area contributed by atoms with Crippen LogP contribution in [0.4, 0.5) is 10.5 Å². The third kappa shape index (κ3) is 4.99. The Labute approximate surface area is 162 Å². The molecule has 0 spiro atoms. The third-order valence-electron chi connectivity index (χ3n) is 4.40. The van der Waals surface area contributed by atoms with Gasteiger partial charge in [0.1, 0.15) is 12.1 Å². The van der Waals surface area contributed by atoms with Crippen molar-refractivity contribution >= 4 is 34.5 Å². The number of aromatic nitrogens is 2. The lowest BCUT2D eigenvalue weighted by atomic mass is 10.1. The van der Waals surface area contributed by atoms with Crippen LogP contribution in [0.3, 0.4) is 0 Å². The number of hydrogen-bond donors (Lipinski definition) is 3. The van der Waals surface area contributed by atoms with E-state index in [-0.39, 0.29) is 24.3 Å². The summed E-state index contributed by atoms with van der Waals surface area (Å²) in [6.45, 7) is 5.91. The van der Waals surface area contributed by atoms with E-state index < -0.39 is 11.7 Å². The topological polar surface area (TPSA) is 116 Å². The van der Waals surface area contributed by atoms with Crippen LogP contribution < -0.4 is 10.6 Å². The number of anilines is 1. The summed E-state index contributed by atoms with van der Waals surface area (Å²) in [6.07, 6.45) is 1.64. The summed E-state index contributed by atoms with van der Waals surface area (Å²) in [5.74, 6) is -0.648. The van der Waals surface area contributed by atoms with Gasteiger partial charge >= 0.3 is 6.09 Å². The van der Waals surface area contributed by atoms with Crippen molar-refractivity contribution in [2.24, 2.45) is 5.92 Å². The fourth-order valence-corrected chi connectivity index (χ4v) is 3.04. The van der Waals surface area contributed by atoms with Gasteiger partial charge < -0.3 is 20.3 Å². The number of aromatic amines is 1. The number of benzene rings is 1. The highest BCUT2D eigenvalue weighted by molar-refractivity contribution is 5.95. The SMILES string of the molecule is CC(C)(C)OC(=O)NCC(=O)N1CCC(C(=O)Nc2ccc3[nH]ncc3c2)C1. The molecule has 1 unspecified atom stereocenters. The van der Waals surface area contributed by atoms with Gasteiger partial charge in [0.2, 0.25) is 11.8 Å². The average molecular weight is 387 g/mol. The van der Waals surface area contributed by atoms with E-state index in [0.29, 0.717) is 25.2 Å². The minimum Gasteiger partial charge on any atom is -0.444 e. The summed E-state index contributed by atoms with van der Waals surface area (Å²) >= 11 is 0. The number of fused-ring (bicyclic) bond motifs is 1. The van der Waals surface area contributed by atoms with Crippen molar-refractivity contribution in [1.29, 1.82) is 0 Å². The highest BCUT2D eigenvalue weighted by Crippen LogP contribution is 2.21. The van der Waals surface area contributed by atoms with E-state index in [1.165, 1.54) is 0 Å². The van der Waals surface area contributed by atoms with E-state index in [1.807, 2.05) is 12.1 Å². The van der Waals surface area contributed by atoms with Crippen molar-refractivity contribution in [2.75, 3.05) is 25.0 Å². The van der Waals surface area contributed by atoms with E-state index in [1.54, 1.807) is 37.9 Å². The number of carbonyl (C=O) groups excluding carboxylic acids is 3. The number of nitrogens with one attached hydrogen (secondary N) is 3. The molecule has 1 saturated heterocycles. The normalized spacial score (nSPS) is 16.8. The maximum Gasteiger partial charge on any atom is 0.408 e. The minimum atomic E-state index is -0.635. The van der Waals surface area contributed by atoms with Gasteiger partial charge in [0.15, 0.2) is 0 Å². The number of amides is 3. The Hall–Kier alpha value is -3.10. The summed E-state index contributed by atoms with van der Waals surface area (Å²) in [7, 11) is 0. The fraction of sp³-hybridized carbons (Fsp3) is 0.474. The third-order valence-corrected chi connectivity index (χ3v) is 4.40.